The van der Waals surface area contributed by atoms with Crippen molar-refractivity contribution in [3.8, 4) is 5.75 Å². The zero-order valence-electron chi connectivity index (χ0n) is 30.7. The van der Waals surface area contributed by atoms with Crippen molar-refractivity contribution in [3.63, 3.8) is 0 Å². The summed E-state index contributed by atoms with van der Waals surface area (Å²) in [4.78, 5) is 18.7. The average molecular weight is 722 g/mol. The number of aryl methyl sites for hydroxylation is 1. The Morgan fingerprint density at radius 2 is 1.73 bits per heavy atom. The minimum Gasteiger partial charge on any atom is -0.491 e. The minimum absolute atomic E-state index is 0.111. The van der Waals surface area contributed by atoms with Crippen molar-refractivity contribution in [3.05, 3.63) is 120 Å². The first-order valence-electron chi connectivity index (χ1n) is 18.9. The summed E-state index contributed by atoms with van der Waals surface area (Å²) in [7, 11) is -1.22. The van der Waals surface area contributed by atoms with E-state index in [0.29, 0.717) is 37.0 Å². The summed E-state index contributed by atoms with van der Waals surface area (Å²) in [5, 5.41) is 3.11. The van der Waals surface area contributed by atoms with Crippen LogP contribution in [0.15, 0.2) is 114 Å². The molecule has 1 N–H and O–H groups in total. The molecule has 2 atom stereocenters. The summed E-state index contributed by atoms with van der Waals surface area (Å²) in [6, 6.07) is 26.6. The first kappa shape index (κ1) is 37.4. The van der Waals surface area contributed by atoms with Crippen LogP contribution >= 0.6 is 0 Å². The number of ether oxygens (including phenoxy) is 2. The van der Waals surface area contributed by atoms with Crippen molar-refractivity contribution in [1.29, 1.82) is 0 Å². The van der Waals surface area contributed by atoms with Gasteiger partial charge < -0.3 is 19.4 Å². The maximum Gasteiger partial charge on any atom is 0.251 e. The molecule has 0 bridgehead atoms. The molecule has 274 valence electrons. The fourth-order valence-electron chi connectivity index (χ4n) is 6.93. The van der Waals surface area contributed by atoms with Crippen molar-refractivity contribution in [2.45, 2.75) is 76.0 Å². The van der Waals surface area contributed by atoms with Crippen LogP contribution in [0.2, 0.25) is 0 Å². The van der Waals surface area contributed by atoms with Gasteiger partial charge in [0.1, 0.15) is 23.7 Å². The number of unbranched alkanes of at least 4 members (excludes halogenated alkanes) is 1. The molecule has 0 saturated heterocycles. The number of amides is 1. The van der Waals surface area contributed by atoms with Gasteiger partial charge in [0, 0.05) is 59.5 Å². The molecule has 3 aromatic carbocycles. The molecule has 6 rings (SSSR count). The van der Waals surface area contributed by atoms with Gasteiger partial charge >= 0.3 is 0 Å². The molecule has 1 saturated carbocycles. The standard InChI is InChI=1S/C43H52N4O4S/c1-3-5-27-50-28-29-51-40-20-15-35(16-21-40)42-24-17-36(10-9-26-47(42,31-34-13-14-34)39-11-7-6-8-12-39)43(48)45-37-18-22-41(23-19-37)52(49)32-38-30-44-33-46(38)25-4-2/h6-8,11-12,15-24,30,33-34H,3-5,9-10,13-14,25-29,31-32H2,1-2H3/p+1. The fourth-order valence-corrected chi connectivity index (χ4v) is 8.05. The van der Waals surface area contributed by atoms with E-state index in [2.05, 4.69) is 77.3 Å². The largest absolute Gasteiger partial charge is 0.491 e. The number of anilines is 1. The van der Waals surface area contributed by atoms with Crippen LogP contribution in [-0.4, -0.2) is 52.6 Å². The van der Waals surface area contributed by atoms with E-state index in [1.165, 1.54) is 24.2 Å². The van der Waals surface area contributed by atoms with Crippen LogP contribution in [0.4, 0.5) is 11.4 Å². The Balaban J connectivity index is 1.21. The van der Waals surface area contributed by atoms with Gasteiger partial charge in [-0.2, -0.15) is 0 Å². The fraction of sp³-hybridized carbons (Fsp3) is 0.395. The molecule has 52 heavy (non-hydrogen) atoms. The molecule has 0 spiro atoms. The van der Waals surface area contributed by atoms with Crippen LogP contribution in [0, 0.1) is 5.92 Å². The van der Waals surface area contributed by atoms with Gasteiger partial charge in [-0.15, -0.1) is 0 Å². The van der Waals surface area contributed by atoms with Crippen molar-refractivity contribution >= 4 is 33.8 Å². The topological polar surface area (TPSA) is 82.4 Å². The number of rotatable bonds is 18. The maximum atomic E-state index is 13.7. The van der Waals surface area contributed by atoms with Crippen molar-refractivity contribution < 1.29 is 18.5 Å². The molecule has 1 aliphatic heterocycles. The molecule has 8 nitrogen and oxygen atoms in total. The Bertz CT molecular complexity index is 1830. The highest BCUT2D eigenvalue weighted by atomic mass is 32.2. The number of imidazole rings is 1. The van der Waals surface area contributed by atoms with Crippen LogP contribution in [-0.2, 0) is 32.6 Å². The molecule has 1 aromatic heterocycles. The monoisotopic (exact) mass is 721 g/mol. The van der Waals surface area contributed by atoms with Gasteiger partial charge in [-0.3, -0.25) is 13.5 Å². The zero-order valence-corrected chi connectivity index (χ0v) is 31.5. The van der Waals surface area contributed by atoms with E-state index in [9.17, 15) is 9.00 Å². The van der Waals surface area contributed by atoms with Crippen molar-refractivity contribution in [1.82, 2.24) is 14.0 Å². The first-order chi connectivity index (χ1) is 25.5. The van der Waals surface area contributed by atoms with Gasteiger partial charge in [0.2, 0.25) is 0 Å². The highest BCUT2D eigenvalue weighted by Crippen LogP contribution is 2.43. The summed E-state index contributed by atoms with van der Waals surface area (Å²) >= 11 is 0. The lowest BCUT2D eigenvalue weighted by Gasteiger charge is -2.41. The third kappa shape index (κ3) is 9.76. The Hall–Kier alpha value is -4.31. The van der Waals surface area contributed by atoms with Gasteiger partial charge in [0.15, 0.2) is 0 Å². The van der Waals surface area contributed by atoms with E-state index in [-0.39, 0.29) is 5.91 Å². The highest BCUT2D eigenvalue weighted by molar-refractivity contribution is 7.84. The van der Waals surface area contributed by atoms with Crippen LogP contribution in [0.25, 0.3) is 5.70 Å². The van der Waals surface area contributed by atoms with Crippen molar-refractivity contribution in [2.75, 3.05) is 38.2 Å². The first-order valence-corrected chi connectivity index (χ1v) is 20.2. The molecule has 2 aliphatic rings. The Morgan fingerprint density at radius 1 is 0.942 bits per heavy atom. The summed E-state index contributed by atoms with van der Waals surface area (Å²) in [6.45, 7) is 8.92. The van der Waals surface area contributed by atoms with Gasteiger partial charge in [-0.1, -0.05) is 38.5 Å². The number of aromatic nitrogens is 2. The summed E-state index contributed by atoms with van der Waals surface area (Å²) < 4.78 is 27.7. The van der Waals surface area contributed by atoms with E-state index in [1.54, 1.807) is 12.5 Å². The van der Waals surface area contributed by atoms with Gasteiger partial charge in [0.25, 0.3) is 5.91 Å². The number of quaternary nitrogens is 1. The van der Waals surface area contributed by atoms with Crippen LogP contribution < -0.4 is 14.5 Å². The minimum atomic E-state index is -1.22. The van der Waals surface area contributed by atoms with Crippen LogP contribution in [0.3, 0.4) is 0 Å². The lowest BCUT2D eigenvalue weighted by atomic mass is 9.98. The maximum absolute atomic E-state index is 13.7. The highest BCUT2D eigenvalue weighted by Gasteiger charge is 2.42. The normalized spacial score (nSPS) is 18.1. The van der Waals surface area contributed by atoms with Crippen LogP contribution in [0.1, 0.15) is 70.1 Å². The van der Waals surface area contributed by atoms with Crippen molar-refractivity contribution in [2.24, 2.45) is 5.92 Å². The Morgan fingerprint density at radius 3 is 2.46 bits per heavy atom. The van der Waals surface area contributed by atoms with E-state index in [0.717, 1.165) is 83.9 Å². The lowest BCUT2D eigenvalue weighted by molar-refractivity contribution is -0.113. The molecule has 9 heteroatoms. The predicted molar refractivity (Wildman–Crippen MR) is 211 cm³/mol. The van der Waals surface area contributed by atoms with Gasteiger partial charge in [-0.25, -0.2) is 4.98 Å². The number of nitrogens with zero attached hydrogens (tertiary/aromatic N) is 3. The SMILES string of the molecule is CCCCOCCOc1ccc(C2=CC=C(C(=O)Nc3ccc(S(=O)Cc4cncn4CCC)cc3)CCC[N+]2(CC2CC2)c2ccccc2)cc1. The number of carbonyl (C=O) groups is 1. The summed E-state index contributed by atoms with van der Waals surface area (Å²) in [5.74, 6) is 1.80. The van der Waals surface area contributed by atoms with E-state index in [4.69, 9.17) is 9.47 Å². The molecule has 1 amide bonds. The number of hydrogen-bond donors (Lipinski definition) is 1. The number of benzene rings is 3. The smallest absolute Gasteiger partial charge is 0.251 e. The third-order valence-corrected chi connectivity index (χ3v) is 11.3. The Labute approximate surface area is 311 Å². The summed E-state index contributed by atoms with van der Waals surface area (Å²) in [6.07, 6.45) is 15.0. The molecule has 2 heterocycles. The molecule has 1 aliphatic carbocycles. The average Bonchev–Trinajstić information content (AvgIpc) is 3.88. The lowest BCUT2D eigenvalue weighted by Crippen LogP contribution is -2.50. The quantitative estimate of drug-likeness (QED) is 0.0820. The second-order valence-electron chi connectivity index (χ2n) is 13.9. The molecule has 0 radical (unpaired) electrons. The number of hydrogen-bond acceptors (Lipinski definition) is 5. The summed E-state index contributed by atoms with van der Waals surface area (Å²) in [5.41, 5.74) is 5.97. The second kappa shape index (κ2) is 18.4. The molecule has 2 unspecified atom stereocenters. The number of carbonyl (C=O) groups excluding carboxylic acids is 1. The second-order valence-corrected chi connectivity index (χ2v) is 15.3. The van der Waals surface area contributed by atoms with Gasteiger partial charge in [0.05, 0.1) is 48.3 Å². The number of allylic oxidation sites excluding steroid dienone is 2. The predicted octanol–water partition coefficient (Wildman–Crippen LogP) is 8.91. The number of nitrogens with one attached hydrogen (secondary N) is 1. The molecule has 1 fully saturated rings. The zero-order chi connectivity index (χ0) is 36.2. The van der Waals surface area contributed by atoms with Crippen LogP contribution in [0.5, 0.6) is 5.75 Å². The van der Waals surface area contributed by atoms with Gasteiger partial charge in [-0.05, 0) is 98.8 Å². The Kier molecular flexibility index (Phi) is 13.3. The number of para-hydroxylation sites is 1. The third-order valence-electron chi connectivity index (χ3n) is 9.90. The molecule has 4 aromatic rings. The molecular weight excluding hydrogens is 669 g/mol. The molecular formula is C43H53N4O4S+. The van der Waals surface area contributed by atoms with E-state index in [1.807, 2.05) is 42.5 Å². The van der Waals surface area contributed by atoms with E-state index >= 15 is 0 Å². The van der Waals surface area contributed by atoms with E-state index < -0.39 is 10.8 Å².